The molecular formula is C22H24N2O3S. The van der Waals surface area contributed by atoms with Crippen LogP contribution in [0.4, 0.5) is 0 Å². The van der Waals surface area contributed by atoms with Crippen LogP contribution in [-0.4, -0.2) is 24.1 Å². The highest BCUT2D eigenvalue weighted by atomic mass is 32.1. The van der Waals surface area contributed by atoms with Crippen molar-refractivity contribution in [3.8, 4) is 22.1 Å². The lowest BCUT2D eigenvalue weighted by Crippen LogP contribution is -2.36. The van der Waals surface area contributed by atoms with E-state index in [0.717, 1.165) is 33.1 Å². The molecule has 0 bridgehead atoms. The Morgan fingerprint density at radius 3 is 2.43 bits per heavy atom. The molecule has 1 aromatic heterocycles. The molecule has 0 aliphatic rings. The van der Waals surface area contributed by atoms with Gasteiger partial charge in [-0.05, 0) is 68.3 Å². The predicted molar refractivity (Wildman–Crippen MR) is 112 cm³/mol. The van der Waals surface area contributed by atoms with Crippen LogP contribution in [0.25, 0.3) is 10.6 Å². The van der Waals surface area contributed by atoms with Crippen LogP contribution >= 0.6 is 11.3 Å². The Morgan fingerprint density at radius 1 is 1.11 bits per heavy atom. The highest BCUT2D eigenvalue weighted by molar-refractivity contribution is 7.13. The first kappa shape index (κ1) is 19.9. The highest BCUT2D eigenvalue weighted by Gasteiger charge is 2.15. The summed E-state index contributed by atoms with van der Waals surface area (Å²) in [5.74, 6) is 1.35. The predicted octanol–water partition coefficient (Wildman–Crippen LogP) is 4.52. The van der Waals surface area contributed by atoms with Gasteiger partial charge in [-0.3, -0.25) is 4.79 Å². The SMILES string of the molecule is COc1ccc(-c2nc(CNC(=O)[C@H](C)Oc3cc(C)cc(C)c3)cs2)cc1. The minimum absolute atomic E-state index is 0.168. The summed E-state index contributed by atoms with van der Waals surface area (Å²) in [4.78, 5) is 17.0. The summed E-state index contributed by atoms with van der Waals surface area (Å²) in [5.41, 5.74) is 4.06. The smallest absolute Gasteiger partial charge is 0.261 e. The Bertz CT molecular complexity index is 930. The lowest BCUT2D eigenvalue weighted by Gasteiger charge is -2.15. The van der Waals surface area contributed by atoms with Crippen LogP contribution in [0.1, 0.15) is 23.7 Å². The number of carbonyl (C=O) groups is 1. The van der Waals surface area contributed by atoms with Gasteiger partial charge in [0.1, 0.15) is 16.5 Å². The molecule has 0 aliphatic heterocycles. The Morgan fingerprint density at radius 2 is 1.79 bits per heavy atom. The van der Waals surface area contributed by atoms with Crippen LogP contribution in [-0.2, 0) is 11.3 Å². The largest absolute Gasteiger partial charge is 0.497 e. The van der Waals surface area contributed by atoms with Crippen molar-refractivity contribution in [2.75, 3.05) is 7.11 Å². The molecule has 2 aromatic carbocycles. The normalized spacial score (nSPS) is 11.7. The summed E-state index contributed by atoms with van der Waals surface area (Å²) in [7, 11) is 1.64. The van der Waals surface area contributed by atoms with Crippen LogP contribution in [0.2, 0.25) is 0 Å². The first-order valence-electron chi connectivity index (χ1n) is 9.06. The molecule has 0 saturated heterocycles. The number of benzene rings is 2. The molecule has 0 saturated carbocycles. The number of methoxy groups -OCH3 is 1. The van der Waals surface area contributed by atoms with E-state index in [9.17, 15) is 4.79 Å². The molecule has 5 nitrogen and oxygen atoms in total. The van der Waals surface area contributed by atoms with Crippen LogP contribution in [0.15, 0.2) is 47.8 Å². The fourth-order valence-corrected chi connectivity index (χ4v) is 3.66. The molecule has 28 heavy (non-hydrogen) atoms. The van der Waals surface area contributed by atoms with Gasteiger partial charge < -0.3 is 14.8 Å². The monoisotopic (exact) mass is 396 g/mol. The second-order valence-corrected chi connectivity index (χ2v) is 7.53. The molecule has 3 rings (SSSR count). The zero-order chi connectivity index (χ0) is 20.1. The molecular weight excluding hydrogens is 372 g/mol. The Hall–Kier alpha value is -2.86. The summed E-state index contributed by atoms with van der Waals surface area (Å²) >= 11 is 1.55. The minimum Gasteiger partial charge on any atom is -0.497 e. The summed E-state index contributed by atoms with van der Waals surface area (Å²) < 4.78 is 11.0. The van der Waals surface area contributed by atoms with E-state index in [1.54, 1.807) is 25.4 Å². The number of amides is 1. The van der Waals surface area contributed by atoms with Crippen molar-refractivity contribution in [2.45, 2.75) is 33.4 Å². The van der Waals surface area contributed by atoms with Crippen molar-refractivity contribution in [2.24, 2.45) is 0 Å². The zero-order valence-corrected chi connectivity index (χ0v) is 17.3. The zero-order valence-electron chi connectivity index (χ0n) is 16.5. The molecule has 1 atom stereocenters. The Labute approximate surface area is 169 Å². The lowest BCUT2D eigenvalue weighted by atomic mass is 10.1. The van der Waals surface area contributed by atoms with Gasteiger partial charge in [-0.2, -0.15) is 0 Å². The summed E-state index contributed by atoms with van der Waals surface area (Å²) in [6.45, 7) is 6.13. The van der Waals surface area contributed by atoms with E-state index in [1.165, 1.54) is 0 Å². The van der Waals surface area contributed by atoms with Crippen LogP contribution < -0.4 is 14.8 Å². The first-order chi connectivity index (χ1) is 13.4. The van der Waals surface area contributed by atoms with Gasteiger partial charge in [0, 0.05) is 10.9 Å². The van der Waals surface area contributed by atoms with Gasteiger partial charge in [0.15, 0.2) is 6.10 Å². The van der Waals surface area contributed by atoms with Crippen molar-refractivity contribution in [3.63, 3.8) is 0 Å². The number of carbonyl (C=O) groups excluding carboxylic acids is 1. The number of hydrogen-bond donors (Lipinski definition) is 1. The molecule has 0 spiro atoms. The van der Waals surface area contributed by atoms with E-state index in [-0.39, 0.29) is 5.91 Å². The van der Waals surface area contributed by atoms with Crippen molar-refractivity contribution < 1.29 is 14.3 Å². The molecule has 0 fully saturated rings. The highest BCUT2D eigenvalue weighted by Crippen LogP contribution is 2.25. The molecule has 0 unspecified atom stereocenters. The van der Waals surface area contributed by atoms with Crippen molar-refractivity contribution in [1.29, 1.82) is 0 Å². The van der Waals surface area contributed by atoms with Crippen molar-refractivity contribution in [3.05, 3.63) is 64.7 Å². The van der Waals surface area contributed by atoms with E-state index >= 15 is 0 Å². The summed E-state index contributed by atoms with van der Waals surface area (Å²) in [6.07, 6.45) is -0.583. The first-order valence-corrected chi connectivity index (χ1v) is 9.94. The third-order valence-corrected chi connectivity index (χ3v) is 5.15. The maximum atomic E-state index is 12.4. The number of rotatable bonds is 7. The van der Waals surface area contributed by atoms with Crippen LogP contribution in [0.5, 0.6) is 11.5 Å². The van der Waals surface area contributed by atoms with E-state index < -0.39 is 6.10 Å². The van der Waals surface area contributed by atoms with E-state index in [0.29, 0.717) is 12.3 Å². The number of aryl methyl sites for hydroxylation is 2. The summed E-state index contributed by atoms with van der Waals surface area (Å²) in [6, 6.07) is 13.7. The number of thiazole rings is 1. The number of ether oxygens (including phenoxy) is 2. The van der Waals surface area contributed by atoms with Gasteiger partial charge in [0.2, 0.25) is 0 Å². The standard InChI is InChI=1S/C22H24N2O3S/c1-14-9-15(2)11-20(10-14)27-16(3)21(25)23-12-18-13-28-22(24-18)17-5-7-19(26-4)8-6-17/h5-11,13,16H,12H2,1-4H3,(H,23,25)/t16-/m0/s1. The minimum atomic E-state index is -0.583. The average Bonchev–Trinajstić information content (AvgIpc) is 3.14. The Kier molecular flexibility index (Phi) is 6.31. The van der Waals surface area contributed by atoms with Gasteiger partial charge in [-0.15, -0.1) is 11.3 Å². The molecule has 1 amide bonds. The number of nitrogens with zero attached hydrogens (tertiary/aromatic N) is 1. The van der Waals surface area contributed by atoms with E-state index in [4.69, 9.17) is 9.47 Å². The fourth-order valence-electron chi connectivity index (χ4n) is 2.83. The maximum absolute atomic E-state index is 12.4. The van der Waals surface area contributed by atoms with Gasteiger partial charge >= 0.3 is 0 Å². The second-order valence-electron chi connectivity index (χ2n) is 6.67. The molecule has 1 N–H and O–H groups in total. The van der Waals surface area contributed by atoms with E-state index in [2.05, 4.69) is 16.4 Å². The topological polar surface area (TPSA) is 60.5 Å². The number of aromatic nitrogens is 1. The Balaban J connectivity index is 1.56. The van der Waals surface area contributed by atoms with Crippen molar-refractivity contribution in [1.82, 2.24) is 10.3 Å². The fraction of sp³-hybridized carbons (Fsp3) is 0.273. The van der Waals surface area contributed by atoms with Crippen molar-refractivity contribution >= 4 is 17.2 Å². The summed E-state index contributed by atoms with van der Waals surface area (Å²) in [5, 5.41) is 5.75. The van der Waals surface area contributed by atoms with Gasteiger partial charge in [0.25, 0.3) is 5.91 Å². The lowest BCUT2D eigenvalue weighted by molar-refractivity contribution is -0.127. The van der Waals surface area contributed by atoms with Gasteiger partial charge in [0.05, 0.1) is 19.3 Å². The molecule has 146 valence electrons. The molecule has 6 heteroatoms. The quantitative estimate of drug-likeness (QED) is 0.638. The third kappa shape index (κ3) is 5.10. The molecule has 3 aromatic rings. The maximum Gasteiger partial charge on any atom is 0.261 e. The second kappa shape index (κ2) is 8.89. The number of nitrogens with one attached hydrogen (secondary N) is 1. The van der Waals surface area contributed by atoms with E-state index in [1.807, 2.05) is 55.6 Å². The van der Waals surface area contributed by atoms with Gasteiger partial charge in [-0.25, -0.2) is 4.98 Å². The van der Waals surface area contributed by atoms with Crippen LogP contribution in [0, 0.1) is 13.8 Å². The van der Waals surface area contributed by atoms with Crippen LogP contribution in [0.3, 0.4) is 0 Å². The molecule has 0 aliphatic carbocycles. The molecule has 0 radical (unpaired) electrons. The number of hydrogen-bond acceptors (Lipinski definition) is 5. The van der Waals surface area contributed by atoms with Gasteiger partial charge in [-0.1, -0.05) is 6.07 Å². The third-order valence-electron chi connectivity index (χ3n) is 4.21. The molecule has 1 heterocycles. The average molecular weight is 397 g/mol.